The number of aromatic hydroxyl groups is 1. The number of halogens is 2. The molecule has 1 aliphatic heterocycles. The Morgan fingerprint density at radius 3 is 2.50 bits per heavy atom. The lowest BCUT2D eigenvalue weighted by Gasteiger charge is -2.17. The summed E-state index contributed by atoms with van der Waals surface area (Å²) in [7, 11) is 0. The first kappa shape index (κ1) is 15.8. The summed E-state index contributed by atoms with van der Waals surface area (Å²) in [5.41, 5.74) is 0.236. The third-order valence-electron chi connectivity index (χ3n) is 3.48. The highest BCUT2D eigenvalue weighted by molar-refractivity contribution is 14.1. The molecule has 5 nitrogen and oxygen atoms in total. The molecule has 1 amide bonds. The van der Waals surface area contributed by atoms with Gasteiger partial charge in [-0.2, -0.15) is 0 Å². The molecule has 1 saturated heterocycles. The minimum absolute atomic E-state index is 0.0394. The lowest BCUT2D eigenvalue weighted by molar-refractivity contribution is -0.142. The fourth-order valence-electron chi connectivity index (χ4n) is 2.35. The van der Waals surface area contributed by atoms with Gasteiger partial charge in [0, 0.05) is 16.7 Å². The Morgan fingerprint density at radius 1 is 1.30 bits per heavy atom. The van der Waals surface area contributed by atoms with Crippen molar-refractivity contribution in [1.29, 1.82) is 0 Å². The van der Waals surface area contributed by atoms with Gasteiger partial charge in [-0.1, -0.05) is 6.92 Å². The van der Waals surface area contributed by atoms with Crippen LogP contribution in [0.25, 0.3) is 0 Å². The predicted octanol–water partition coefficient (Wildman–Crippen LogP) is 2.39. The number of carboxylic acid groups (broad SMARTS) is 1. The number of hydrogen-bond donors (Lipinski definition) is 2. The minimum Gasteiger partial charge on any atom is -0.506 e. The monoisotopic (exact) mass is 501 g/mol. The Hall–Kier alpha value is -0.580. The molecule has 0 spiro atoms. The number of carbonyl (C=O) groups excluding carboxylic acids is 1. The summed E-state index contributed by atoms with van der Waals surface area (Å²) in [5, 5.41) is 19.1. The number of phenols is 1. The molecule has 108 valence electrons. The van der Waals surface area contributed by atoms with E-state index in [2.05, 4.69) is 22.6 Å². The maximum Gasteiger partial charge on any atom is 0.308 e. The second-order valence-electron chi connectivity index (χ2n) is 4.92. The van der Waals surface area contributed by atoms with E-state index in [1.807, 2.05) is 29.5 Å². The van der Waals surface area contributed by atoms with E-state index < -0.39 is 11.9 Å². The maximum atomic E-state index is 12.5. The first-order valence-electron chi connectivity index (χ1n) is 6.01. The van der Waals surface area contributed by atoms with Crippen LogP contribution in [0.5, 0.6) is 5.75 Å². The van der Waals surface area contributed by atoms with Gasteiger partial charge in [-0.25, -0.2) is 0 Å². The van der Waals surface area contributed by atoms with Crippen molar-refractivity contribution in [2.24, 2.45) is 11.8 Å². The molecule has 1 aromatic carbocycles. The first-order valence-corrected chi connectivity index (χ1v) is 8.17. The number of nitrogens with zero attached hydrogens (tertiary/aromatic N) is 1. The zero-order valence-electron chi connectivity index (χ0n) is 10.6. The molecule has 0 aromatic heterocycles. The normalized spacial score (nSPS) is 22.1. The summed E-state index contributed by atoms with van der Waals surface area (Å²) in [5.74, 6) is -1.85. The van der Waals surface area contributed by atoms with Crippen molar-refractivity contribution < 1.29 is 19.8 Å². The maximum absolute atomic E-state index is 12.5. The quantitative estimate of drug-likeness (QED) is 0.611. The van der Waals surface area contributed by atoms with E-state index in [4.69, 9.17) is 5.11 Å². The Labute approximate surface area is 143 Å². The Bertz CT molecular complexity index is 576. The summed E-state index contributed by atoms with van der Waals surface area (Å²) in [4.78, 5) is 25.1. The van der Waals surface area contributed by atoms with Crippen molar-refractivity contribution in [3.63, 3.8) is 0 Å². The second-order valence-corrected chi connectivity index (χ2v) is 7.32. The van der Waals surface area contributed by atoms with E-state index in [9.17, 15) is 14.7 Å². The summed E-state index contributed by atoms with van der Waals surface area (Å²) < 4.78 is 1.47. The standard InChI is InChI=1S/C13H13I2NO4/c1-6-4-16(5-9(6)13(19)20)12(18)8-2-7(14)3-10(15)11(8)17/h2-3,6,9,17H,4-5H2,1H3,(H,19,20)/t6-,9-/m1/s1. The Balaban J connectivity index is 2.28. The van der Waals surface area contributed by atoms with Crippen LogP contribution >= 0.6 is 45.2 Å². The van der Waals surface area contributed by atoms with E-state index in [1.165, 1.54) is 4.90 Å². The van der Waals surface area contributed by atoms with Gasteiger partial charge in [0.1, 0.15) is 5.75 Å². The van der Waals surface area contributed by atoms with Crippen LogP contribution < -0.4 is 0 Å². The molecule has 2 rings (SSSR count). The number of rotatable bonds is 2. The van der Waals surface area contributed by atoms with Crippen molar-refractivity contribution in [3.8, 4) is 5.75 Å². The highest BCUT2D eigenvalue weighted by atomic mass is 127. The number of likely N-dealkylation sites (tertiary alicyclic amines) is 1. The van der Waals surface area contributed by atoms with E-state index in [-0.39, 0.29) is 29.7 Å². The molecule has 1 heterocycles. The van der Waals surface area contributed by atoms with Crippen LogP contribution in [0.4, 0.5) is 0 Å². The van der Waals surface area contributed by atoms with Crippen LogP contribution in [0, 0.1) is 19.0 Å². The molecular formula is C13H13I2NO4. The van der Waals surface area contributed by atoms with E-state index in [0.717, 1.165) is 3.57 Å². The zero-order chi connectivity index (χ0) is 15.0. The molecule has 2 atom stereocenters. The number of benzene rings is 1. The molecule has 20 heavy (non-hydrogen) atoms. The number of phenolic OH excluding ortho intramolecular Hbond substituents is 1. The minimum atomic E-state index is -0.880. The molecular weight excluding hydrogens is 488 g/mol. The fourth-order valence-corrected chi connectivity index (χ4v) is 4.20. The lowest BCUT2D eigenvalue weighted by Crippen LogP contribution is -2.30. The summed E-state index contributed by atoms with van der Waals surface area (Å²) >= 11 is 4.05. The largest absolute Gasteiger partial charge is 0.506 e. The number of carboxylic acids is 1. The number of hydrogen-bond acceptors (Lipinski definition) is 3. The molecule has 0 radical (unpaired) electrons. The van der Waals surface area contributed by atoms with Crippen molar-refractivity contribution in [3.05, 3.63) is 24.8 Å². The summed E-state index contributed by atoms with van der Waals surface area (Å²) in [6, 6.07) is 3.40. The van der Waals surface area contributed by atoms with E-state index in [1.54, 1.807) is 12.1 Å². The highest BCUT2D eigenvalue weighted by Gasteiger charge is 2.37. The predicted molar refractivity (Wildman–Crippen MR) is 89.7 cm³/mol. The molecule has 0 saturated carbocycles. The average Bonchev–Trinajstić information content (AvgIpc) is 2.75. The van der Waals surface area contributed by atoms with Gasteiger partial charge in [0.05, 0.1) is 15.1 Å². The number of amides is 1. The van der Waals surface area contributed by atoms with Gasteiger partial charge in [-0.3, -0.25) is 9.59 Å². The molecule has 0 unspecified atom stereocenters. The molecule has 1 fully saturated rings. The van der Waals surface area contributed by atoms with Crippen LogP contribution in [-0.2, 0) is 4.79 Å². The number of carbonyl (C=O) groups is 2. The molecule has 0 bridgehead atoms. The van der Waals surface area contributed by atoms with Crippen molar-refractivity contribution in [1.82, 2.24) is 4.90 Å². The molecule has 2 N–H and O–H groups in total. The van der Waals surface area contributed by atoms with Crippen LogP contribution in [0.3, 0.4) is 0 Å². The van der Waals surface area contributed by atoms with Crippen molar-refractivity contribution >= 4 is 57.1 Å². The summed E-state index contributed by atoms with van der Waals surface area (Å²) in [6.45, 7) is 2.42. The topological polar surface area (TPSA) is 77.8 Å². The smallest absolute Gasteiger partial charge is 0.308 e. The van der Waals surface area contributed by atoms with Gasteiger partial charge < -0.3 is 15.1 Å². The van der Waals surface area contributed by atoms with Gasteiger partial charge in [-0.05, 0) is 63.2 Å². The van der Waals surface area contributed by atoms with Crippen LogP contribution in [-0.4, -0.2) is 40.1 Å². The van der Waals surface area contributed by atoms with E-state index in [0.29, 0.717) is 10.1 Å². The lowest BCUT2D eigenvalue weighted by atomic mass is 9.99. The SMILES string of the molecule is C[C@@H]1CN(C(=O)c2cc(I)cc(I)c2O)C[C@H]1C(=O)O. The molecule has 1 aliphatic rings. The summed E-state index contributed by atoms with van der Waals surface area (Å²) in [6.07, 6.45) is 0. The third kappa shape index (κ3) is 3.02. The average molecular weight is 501 g/mol. The first-order chi connectivity index (χ1) is 9.31. The van der Waals surface area contributed by atoms with Gasteiger partial charge in [-0.15, -0.1) is 0 Å². The zero-order valence-corrected chi connectivity index (χ0v) is 15.0. The molecule has 0 aliphatic carbocycles. The van der Waals surface area contributed by atoms with Crippen LogP contribution in [0.2, 0.25) is 0 Å². The van der Waals surface area contributed by atoms with Gasteiger partial charge in [0.15, 0.2) is 0 Å². The fraction of sp³-hybridized carbons (Fsp3) is 0.385. The Morgan fingerprint density at radius 2 is 1.95 bits per heavy atom. The molecule has 7 heteroatoms. The van der Waals surface area contributed by atoms with Crippen LogP contribution in [0.1, 0.15) is 17.3 Å². The Kier molecular flexibility index (Phi) is 4.77. The highest BCUT2D eigenvalue weighted by Crippen LogP contribution is 2.31. The van der Waals surface area contributed by atoms with Crippen LogP contribution in [0.15, 0.2) is 12.1 Å². The van der Waals surface area contributed by atoms with Crippen molar-refractivity contribution in [2.45, 2.75) is 6.92 Å². The number of aliphatic carboxylic acids is 1. The van der Waals surface area contributed by atoms with Gasteiger partial charge >= 0.3 is 5.97 Å². The van der Waals surface area contributed by atoms with Gasteiger partial charge in [0.2, 0.25) is 0 Å². The molecule has 1 aromatic rings. The van der Waals surface area contributed by atoms with E-state index >= 15 is 0 Å². The third-order valence-corrected chi connectivity index (χ3v) is 4.92. The van der Waals surface area contributed by atoms with Gasteiger partial charge in [0.25, 0.3) is 5.91 Å². The second kappa shape index (κ2) is 6.04. The van der Waals surface area contributed by atoms with Crippen molar-refractivity contribution in [2.75, 3.05) is 13.1 Å².